The summed E-state index contributed by atoms with van der Waals surface area (Å²) < 4.78 is 0.953. The van der Waals surface area contributed by atoms with Crippen molar-refractivity contribution < 1.29 is 14.7 Å². The second-order valence-electron chi connectivity index (χ2n) is 6.20. The summed E-state index contributed by atoms with van der Waals surface area (Å²) in [5, 5.41) is 14.3. The monoisotopic (exact) mass is 425 g/mol. The molecule has 0 spiro atoms. The molecular formula is C20H15N3O4S2. The number of carbonyl (C=O) groups is 2. The highest BCUT2D eigenvalue weighted by Crippen LogP contribution is 2.28. The van der Waals surface area contributed by atoms with E-state index >= 15 is 0 Å². The zero-order valence-corrected chi connectivity index (χ0v) is 16.8. The van der Waals surface area contributed by atoms with Gasteiger partial charge in [-0.1, -0.05) is 35.6 Å². The fourth-order valence-electron chi connectivity index (χ4n) is 3.03. The zero-order chi connectivity index (χ0) is 20.5. The average molecular weight is 425 g/mol. The standard InChI is InChI=1S/C20H15N3O4S2/c1-28-12-6-4-5-11(9-12)21-15(24)10-23-19(26)17(29-20(23)27)16-13-7-2-3-8-14(13)22-18(16)25/h2-9,26H,10H2,1H3,(H,21,24). The number of amides is 2. The molecule has 0 fully saturated rings. The number of hydrogen-bond acceptors (Lipinski definition) is 6. The Morgan fingerprint density at radius 3 is 2.79 bits per heavy atom. The topological polar surface area (TPSA) is 101 Å². The van der Waals surface area contributed by atoms with Gasteiger partial charge in [-0.3, -0.25) is 19.0 Å². The largest absolute Gasteiger partial charge is 0.493 e. The number of thioether (sulfide) groups is 1. The van der Waals surface area contributed by atoms with Gasteiger partial charge in [0.05, 0.1) is 10.9 Å². The predicted octanol–water partition coefficient (Wildman–Crippen LogP) is 1.33. The minimum absolute atomic E-state index is 0.117. The summed E-state index contributed by atoms with van der Waals surface area (Å²) in [5.41, 5.74) is 0.768. The van der Waals surface area contributed by atoms with Crippen LogP contribution in [-0.4, -0.2) is 27.7 Å². The number of para-hydroxylation sites is 1. The lowest BCUT2D eigenvalue weighted by Crippen LogP contribution is -2.24. The molecule has 0 saturated carbocycles. The molecule has 2 amide bonds. The van der Waals surface area contributed by atoms with Gasteiger partial charge >= 0.3 is 4.87 Å². The molecule has 2 aromatic carbocycles. The van der Waals surface area contributed by atoms with Crippen molar-refractivity contribution >= 4 is 46.2 Å². The van der Waals surface area contributed by atoms with E-state index in [1.54, 1.807) is 42.1 Å². The molecule has 146 valence electrons. The van der Waals surface area contributed by atoms with Gasteiger partial charge < -0.3 is 10.4 Å². The van der Waals surface area contributed by atoms with Crippen molar-refractivity contribution in [3.8, 4) is 5.88 Å². The molecule has 2 heterocycles. The number of nitrogens with one attached hydrogen (secondary N) is 1. The highest BCUT2D eigenvalue weighted by molar-refractivity contribution is 7.98. The first-order chi connectivity index (χ1) is 14.0. The molecule has 1 aromatic heterocycles. The van der Waals surface area contributed by atoms with E-state index in [2.05, 4.69) is 10.3 Å². The van der Waals surface area contributed by atoms with Crippen molar-refractivity contribution in [2.45, 2.75) is 11.4 Å². The molecule has 29 heavy (non-hydrogen) atoms. The molecule has 0 aliphatic carbocycles. The van der Waals surface area contributed by atoms with Crippen LogP contribution in [-0.2, 0) is 16.1 Å². The smallest absolute Gasteiger partial charge is 0.311 e. The fraction of sp³-hybridized carbons (Fsp3) is 0.100. The molecule has 9 heteroatoms. The number of aromatic nitrogens is 1. The number of fused-ring (bicyclic) bond motifs is 1. The molecule has 3 aromatic rings. The molecule has 0 radical (unpaired) electrons. The number of hydrogen-bond donors (Lipinski definition) is 2. The van der Waals surface area contributed by atoms with Crippen molar-refractivity contribution in [3.63, 3.8) is 0 Å². The van der Waals surface area contributed by atoms with Gasteiger partial charge in [-0.05, 0) is 30.5 Å². The Morgan fingerprint density at radius 2 is 2.00 bits per heavy atom. The van der Waals surface area contributed by atoms with Crippen molar-refractivity contribution in [1.82, 2.24) is 4.57 Å². The van der Waals surface area contributed by atoms with Gasteiger partial charge in [0.15, 0.2) is 0 Å². The second kappa shape index (κ2) is 7.69. The third-order valence-corrected chi connectivity index (χ3v) is 6.07. The molecule has 4 rings (SSSR count). The number of carbonyl (C=O) groups excluding carboxylic acids is 2. The molecule has 0 unspecified atom stereocenters. The summed E-state index contributed by atoms with van der Waals surface area (Å²) in [4.78, 5) is 41.7. The third kappa shape index (κ3) is 3.62. The summed E-state index contributed by atoms with van der Waals surface area (Å²) in [6.45, 7) is -0.370. The molecule has 0 bridgehead atoms. The van der Waals surface area contributed by atoms with Crippen molar-refractivity contribution in [2.24, 2.45) is 4.99 Å². The molecule has 7 nitrogen and oxygen atoms in total. The molecule has 0 atom stereocenters. The quantitative estimate of drug-likeness (QED) is 0.601. The number of anilines is 1. The van der Waals surface area contributed by atoms with E-state index < -0.39 is 22.6 Å². The van der Waals surface area contributed by atoms with Gasteiger partial charge in [0.25, 0.3) is 5.91 Å². The molecule has 2 N–H and O–H groups in total. The summed E-state index contributed by atoms with van der Waals surface area (Å²) >= 11 is 2.26. The Kier molecular flexibility index (Phi) is 5.08. The first kappa shape index (κ1) is 19.2. The Hall–Kier alpha value is -3.17. The van der Waals surface area contributed by atoms with E-state index in [0.717, 1.165) is 9.46 Å². The first-order valence-electron chi connectivity index (χ1n) is 8.57. The molecule has 1 aliphatic heterocycles. The van der Waals surface area contributed by atoms with Gasteiger partial charge in [-0.15, -0.1) is 11.8 Å². The van der Waals surface area contributed by atoms with E-state index in [4.69, 9.17) is 0 Å². The van der Waals surface area contributed by atoms with E-state index in [0.29, 0.717) is 27.6 Å². The SMILES string of the molecule is CSc1cccc(NC(=O)Cn2c(O)c(C3=c4ccccc4=NC3=O)sc2=O)c1. The van der Waals surface area contributed by atoms with Crippen LogP contribution in [0.4, 0.5) is 5.69 Å². The molecule has 0 saturated heterocycles. The maximum atomic E-state index is 12.4. The minimum atomic E-state index is -0.532. The van der Waals surface area contributed by atoms with Gasteiger partial charge in [-0.2, -0.15) is 0 Å². The summed E-state index contributed by atoms with van der Waals surface area (Å²) in [6, 6.07) is 14.2. The molecular weight excluding hydrogens is 410 g/mol. The first-order valence-corrected chi connectivity index (χ1v) is 10.6. The Morgan fingerprint density at radius 1 is 1.21 bits per heavy atom. The maximum Gasteiger partial charge on any atom is 0.311 e. The zero-order valence-electron chi connectivity index (χ0n) is 15.2. The van der Waals surface area contributed by atoms with Crippen molar-refractivity contribution in [3.05, 3.63) is 73.7 Å². The van der Waals surface area contributed by atoms with Crippen LogP contribution in [0.5, 0.6) is 5.88 Å². The predicted molar refractivity (Wildman–Crippen MR) is 112 cm³/mol. The lowest BCUT2D eigenvalue weighted by molar-refractivity contribution is -0.117. The summed E-state index contributed by atoms with van der Waals surface area (Å²) in [6.07, 6.45) is 1.93. The van der Waals surface area contributed by atoms with Crippen LogP contribution >= 0.6 is 23.1 Å². The number of aromatic hydroxyl groups is 1. The Balaban J connectivity index is 1.65. The highest BCUT2D eigenvalue weighted by atomic mass is 32.2. The van der Waals surface area contributed by atoms with Crippen LogP contribution in [0.3, 0.4) is 0 Å². The normalized spacial score (nSPS) is 12.6. The van der Waals surface area contributed by atoms with Gasteiger partial charge in [0, 0.05) is 15.8 Å². The maximum absolute atomic E-state index is 12.4. The Bertz CT molecular complexity index is 1320. The van der Waals surface area contributed by atoms with Crippen LogP contribution in [0, 0.1) is 0 Å². The Labute approximate surface area is 173 Å². The van der Waals surface area contributed by atoms with Gasteiger partial charge in [0.2, 0.25) is 11.8 Å². The second-order valence-corrected chi connectivity index (χ2v) is 8.04. The minimum Gasteiger partial charge on any atom is -0.493 e. The van der Waals surface area contributed by atoms with Gasteiger partial charge in [0.1, 0.15) is 11.4 Å². The van der Waals surface area contributed by atoms with Crippen LogP contribution in [0.1, 0.15) is 4.88 Å². The lowest BCUT2D eigenvalue weighted by atomic mass is 10.1. The van der Waals surface area contributed by atoms with Crippen molar-refractivity contribution in [2.75, 3.05) is 11.6 Å². The van der Waals surface area contributed by atoms with E-state index in [1.165, 1.54) is 0 Å². The van der Waals surface area contributed by atoms with Crippen LogP contribution in [0.15, 0.2) is 63.2 Å². The number of benzene rings is 2. The average Bonchev–Trinajstić information content (AvgIpc) is 3.18. The van der Waals surface area contributed by atoms with Crippen molar-refractivity contribution in [1.29, 1.82) is 0 Å². The van der Waals surface area contributed by atoms with Crippen LogP contribution in [0.2, 0.25) is 0 Å². The van der Waals surface area contributed by atoms with E-state index in [-0.39, 0.29) is 17.0 Å². The molecule has 1 aliphatic rings. The van der Waals surface area contributed by atoms with Crippen LogP contribution < -0.4 is 20.8 Å². The van der Waals surface area contributed by atoms with Gasteiger partial charge in [-0.25, -0.2) is 4.99 Å². The summed E-state index contributed by atoms with van der Waals surface area (Å²) in [5.74, 6) is -1.39. The lowest BCUT2D eigenvalue weighted by Gasteiger charge is -2.08. The van der Waals surface area contributed by atoms with E-state index in [9.17, 15) is 19.5 Å². The van der Waals surface area contributed by atoms with Crippen LogP contribution in [0.25, 0.3) is 5.57 Å². The fourth-order valence-corrected chi connectivity index (χ4v) is 4.42. The highest BCUT2D eigenvalue weighted by Gasteiger charge is 2.26. The third-order valence-electron chi connectivity index (χ3n) is 4.36. The number of nitrogens with zero attached hydrogens (tertiary/aromatic N) is 2. The number of rotatable bonds is 5. The number of thiazole rings is 1. The summed E-state index contributed by atoms with van der Waals surface area (Å²) in [7, 11) is 0. The van der Waals surface area contributed by atoms with E-state index in [1.807, 2.05) is 24.5 Å².